The summed E-state index contributed by atoms with van der Waals surface area (Å²) < 4.78 is 26.7. The second-order valence-corrected chi connectivity index (χ2v) is 3.91. The van der Waals surface area contributed by atoms with E-state index in [-0.39, 0.29) is 21.6 Å². The highest BCUT2D eigenvalue weighted by atomic mass is 79.9. The Bertz CT molecular complexity index is 554. The fourth-order valence-corrected chi connectivity index (χ4v) is 1.55. The SMILES string of the molecule is O=Cc1cnc(-c2cc(F)c(Br)cc2F)[nH]1. The summed E-state index contributed by atoms with van der Waals surface area (Å²) >= 11 is 2.87. The van der Waals surface area contributed by atoms with Gasteiger partial charge in [0.15, 0.2) is 6.29 Å². The summed E-state index contributed by atoms with van der Waals surface area (Å²) in [5.41, 5.74) is 0.187. The van der Waals surface area contributed by atoms with E-state index in [4.69, 9.17) is 0 Å². The highest BCUT2D eigenvalue weighted by Crippen LogP contribution is 2.25. The Balaban J connectivity index is 2.55. The molecule has 2 rings (SSSR count). The molecule has 0 amide bonds. The molecule has 2 aromatic rings. The minimum atomic E-state index is -0.625. The number of carbonyl (C=O) groups excluding carboxylic acids is 1. The molecule has 0 spiro atoms. The molecule has 6 heteroatoms. The summed E-state index contributed by atoms with van der Waals surface area (Å²) in [7, 11) is 0. The van der Waals surface area contributed by atoms with Crippen molar-refractivity contribution in [1.82, 2.24) is 9.97 Å². The third kappa shape index (κ3) is 1.88. The number of benzene rings is 1. The molecule has 0 bridgehead atoms. The maximum atomic E-state index is 13.5. The van der Waals surface area contributed by atoms with E-state index >= 15 is 0 Å². The van der Waals surface area contributed by atoms with Crippen LogP contribution in [0.1, 0.15) is 10.5 Å². The number of carbonyl (C=O) groups is 1. The van der Waals surface area contributed by atoms with Crippen LogP contribution in [0.4, 0.5) is 8.78 Å². The molecule has 0 saturated heterocycles. The Hall–Kier alpha value is -1.56. The zero-order chi connectivity index (χ0) is 11.7. The Morgan fingerprint density at radius 1 is 1.31 bits per heavy atom. The van der Waals surface area contributed by atoms with E-state index in [9.17, 15) is 13.6 Å². The smallest absolute Gasteiger partial charge is 0.167 e. The minimum Gasteiger partial charge on any atom is -0.336 e. The zero-order valence-electron chi connectivity index (χ0n) is 7.80. The van der Waals surface area contributed by atoms with Gasteiger partial charge in [0.25, 0.3) is 0 Å². The number of imidazole rings is 1. The average molecular weight is 287 g/mol. The van der Waals surface area contributed by atoms with Gasteiger partial charge in [-0.3, -0.25) is 4.79 Å². The van der Waals surface area contributed by atoms with Crippen molar-refractivity contribution in [2.75, 3.05) is 0 Å². The van der Waals surface area contributed by atoms with Crippen molar-refractivity contribution < 1.29 is 13.6 Å². The molecular formula is C10H5BrF2N2O. The summed E-state index contributed by atoms with van der Waals surface area (Å²) in [6.45, 7) is 0. The van der Waals surface area contributed by atoms with Gasteiger partial charge >= 0.3 is 0 Å². The molecule has 1 aromatic carbocycles. The average Bonchev–Trinajstić information content (AvgIpc) is 2.71. The number of halogens is 3. The largest absolute Gasteiger partial charge is 0.336 e. The van der Waals surface area contributed by atoms with Crippen molar-refractivity contribution >= 4 is 22.2 Å². The van der Waals surface area contributed by atoms with Gasteiger partial charge in [-0.2, -0.15) is 0 Å². The van der Waals surface area contributed by atoms with Crippen molar-refractivity contribution in [3.05, 3.63) is 40.1 Å². The first kappa shape index (κ1) is 10.9. The normalized spacial score (nSPS) is 10.4. The maximum Gasteiger partial charge on any atom is 0.167 e. The standard InChI is InChI=1S/C10H5BrF2N2O/c11-7-2-8(12)6(1-9(7)13)10-14-3-5(4-16)15-10/h1-4H,(H,14,15). The van der Waals surface area contributed by atoms with Gasteiger partial charge in [0.2, 0.25) is 0 Å². The third-order valence-corrected chi connectivity index (χ3v) is 2.60. The fourth-order valence-electron chi connectivity index (χ4n) is 1.24. The van der Waals surface area contributed by atoms with Gasteiger partial charge in [0.1, 0.15) is 17.5 Å². The van der Waals surface area contributed by atoms with Gasteiger partial charge in [0, 0.05) is 0 Å². The van der Waals surface area contributed by atoms with E-state index in [2.05, 4.69) is 25.9 Å². The predicted molar refractivity (Wildman–Crippen MR) is 57.0 cm³/mol. The number of H-pyrrole nitrogens is 1. The lowest BCUT2D eigenvalue weighted by atomic mass is 10.2. The third-order valence-electron chi connectivity index (χ3n) is 1.99. The molecule has 1 heterocycles. The topological polar surface area (TPSA) is 45.8 Å². The molecule has 82 valence electrons. The molecule has 3 nitrogen and oxygen atoms in total. The van der Waals surface area contributed by atoms with Gasteiger partial charge < -0.3 is 4.98 Å². The minimum absolute atomic E-state index is 0.0196. The van der Waals surface area contributed by atoms with Crippen LogP contribution in [0.15, 0.2) is 22.8 Å². The molecule has 16 heavy (non-hydrogen) atoms. The van der Waals surface area contributed by atoms with Crippen LogP contribution < -0.4 is 0 Å². The van der Waals surface area contributed by atoms with Crippen molar-refractivity contribution in [2.45, 2.75) is 0 Å². The molecule has 0 unspecified atom stereocenters. The fraction of sp³-hybridized carbons (Fsp3) is 0. The monoisotopic (exact) mass is 286 g/mol. The summed E-state index contributed by atoms with van der Waals surface area (Å²) in [5.74, 6) is -1.11. The Kier molecular flexibility index (Phi) is 2.82. The second kappa shape index (κ2) is 4.13. The van der Waals surface area contributed by atoms with Crippen LogP contribution in [0.25, 0.3) is 11.4 Å². The van der Waals surface area contributed by atoms with Crippen LogP contribution in [0.5, 0.6) is 0 Å². The summed E-state index contributed by atoms with van der Waals surface area (Å²) in [5, 5.41) is 0. The number of aldehydes is 1. The second-order valence-electron chi connectivity index (χ2n) is 3.05. The first-order chi connectivity index (χ1) is 7.61. The Morgan fingerprint density at radius 3 is 2.69 bits per heavy atom. The number of rotatable bonds is 2. The molecule has 1 aromatic heterocycles. The van der Waals surface area contributed by atoms with Crippen LogP contribution in [-0.4, -0.2) is 16.3 Å². The zero-order valence-corrected chi connectivity index (χ0v) is 9.38. The van der Waals surface area contributed by atoms with Gasteiger partial charge in [-0.05, 0) is 28.1 Å². The van der Waals surface area contributed by atoms with Crippen LogP contribution >= 0.6 is 15.9 Å². The number of aromatic amines is 1. The molecule has 1 N–H and O–H groups in total. The first-order valence-corrected chi connectivity index (χ1v) is 5.06. The van der Waals surface area contributed by atoms with Crippen LogP contribution in [0.3, 0.4) is 0 Å². The molecule has 0 radical (unpaired) electrons. The Labute approximate surface area is 97.6 Å². The molecule has 0 aliphatic heterocycles. The van der Waals surface area contributed by atoms with Crippen molar-refractivity contribution in [1.29, 1.82) is 0 Å². The van der Waals surface area contributed by atoms with E-state index in [1.54, 1.807) is 0 Å². The number of nitrogens with one attached hydrogen (secondary N) is 1. The van der Waals surface area contributed by atoms with Gasteiger partial charge in [0.05, 0.1) is 21.9 Å². The van der Waals surface area contributed by atoms with E-state index in [1.165, 1.54) is 6.20 Å². The lowest BCUT2D eigenvalue weighted by Crippen LogP contribution is -1.90. The van der Waals surface area contributed by atoms with Crippen LogP contribution in [0, 0.1) is 11.6 Å². The van der Waals surface area contributed by atoms with Crippen molar-refractivity contribution in [3.63, 3.8) is 0 Å². The number of hydrogen-bond donors (Lipinski definition) is 1. The summed E-state index contributed by atoms with van der Waals surface area (Å²) in [6, 6.07) is 2.01. The first-order valence-electron chi connectivity index (χ1n) is 4.27. The number of aromatic nitrogens is 2. The number of hydrogen-bond acceptors (Lipinski definition) is 2. The maximum absolute atomic E-state index is 13.5. The molecule has 0 aliphatic carbocycles. The molecule has 0 aliphatic rings. The lowest BCUT2D eigenvalue weighted by Gasteiger charge is -2.01. The molecule has 0 saturated carbocycles. The highest BCUT2D eigenvalue weighted by molar-refractivity contribution is 9.10. The molecule has 0 atom stereocenters. The highest BCUT2D eigenvalue weighted by Gasteiger charge is 2.12. The molecular weight excluding hydrogens is 282 g/mol. The summed E-state index contributed by atoms with van der Waals surface area (Å²) in [4.78, 5) is 16.8. The van der Waals surface area contributed by atoms with E-state index < -0.39 is 11.6 Å². The molecule has 0 fully saturated rings. The predicted octanol–water partition coefficient (Wildman–Crippen LogP) is 2.93. The van der Waals surface area contributed by atoms with E-state index in [0.29, 0.717) is 6.29 Å². The summed E-state index contributed by atoms with van der Waals surface area (Å²) in [6.07, 6.45) is 1.80. The van der Waals surface area contributed by atoms with Crippen molar-refractivity contribution in [2.24, 2.45) is 0 Å². The Morgan fingerprint density at radius 2 is 2.06 bits per heavy atom. The lowest BCUT2D eigenvalue weighted by molar-refractivity contribution is 0.111. The van der Waals surface area contributed by atoms with Gasteiger partial charge in [-0.25, -0.2) is 13.8 Å². The van der Waals surface area contributed by atoms with Crippen LogP contribution in [0.2, 0.25) is 0 Å². The van der Waals surface area contributed by atoms with Gasteiger partial charge in [-0.15, -0.1) is 0 Å². The number of nitrogens with zero attached hydrogens (tertiary/aromatic N) is 1. The van der Waals surface area contributed by atoms with Gasteiger partial charge in [-0.1, -0.05) is 0 Å². The van der Waals surface area contributed by atoms with Crippen LogP contribution in [-0.2, 0) is 0 Å². The van der Waals surface area contributed by atoms with Crippen molar-refractivity contribution in [3.8, 4) is 11.4 Å². The quantitative estimate of drug-likeness (QED) is 0.682. The van der Waals surface area contributed by atoms with E-state index in [0.717, 1.165) is 12.1 Å². The van der Waals surface area contributed by atoms with E-state index in [1.807, 2.05) is 0 Å².